The molecule has 7 heteroatoms. The van der Waals surface area contributed by atoms with E-state index in [0.717, 1.165) is 11.6 Å². The summed E-state index contributed by atoms with van der Waals surface area (Å²) >= 11 is 10.8. The maximum Gasteiger partial charge on any atom is 0.418 e. The number of benzene rings is 2. The smallest absolute Gasteiger partial charge is 0.356 e. The standard InChI is InChI=1S/C16H14ClF3N2S/c1-10(11-5-3-2-4-6-11)21-15(23)22-14-8-7-12(17)9-13(14)16(18,19)20/h2-10H,1H3,(H2,21,22,23). The van der Waals surface area contributed by atoms with Crippen LogP contribution in [0.3, 0.4) is 0 Å². The number of alkyl halides is 3. The largest absolute Gasteiger partial charge is 0.418 e. The van der Waals surface area contributed by atoms with Crippen LogP contribution in [0.15, 0.2) is 48.5 Å². The molecule has 1 unspecified atom stereocenters. The molecule has 0 bridgehead atoms. The van der Waals surface area contributed by atoms with E-state index in [-0.39, 0.29) is 21.9 Å². The number of thiocarbonyl (C=S) groups is 1. The molecular weight excluding hydrogens is 345 g/mol. The maximum atomic E-state index is 13.0. The van der Waals surface area contributed by atoms with E-state index in [1.165, 1.54) is 12.1 Å². The molecule has 0 saturated heterocycles. The van der Waals surface area contributed by atoms with E-state index < -0.39 is 11.7 Å². The SMILES string of the molecule is CC(NC(=S)Nc1ccc(Cl)cc1C(F)(F)F)c1ccccc1. The average Bonchev–Trinajstić information content (AvgIpc) is 2.49. The van der Waals surface area contributed by atoms with Crippen molar-refractivity contribution >= 4 is 34.6 Å². The molecule has 0 radical (unpaired) electrons. The Kier molecular flexibility index (Phi) is 5.49. The predicted molar refractivity (Wildman–Crippen MR) is 90.7 cm³/mol. The Balaban J connectivity index is 2.12. The van der Waals surface area contributed by atoms with Crippen LogP contribution in [0.1, 0.15) is 24.1 Å². The fourth-order valence-corrected chi connectivity index (χ4v) is 2.50. The van der Waals surface area contributed by atoms with Crippen LogP contribution < -0.4 is 10.6 Å². The minimum atomic E-state index is -4.52. The summed E-state index contributed by atoms with van der Waals surface area (Å²) in [5.74, 6) is 0. The van der Waals surface area contributed by atoms with Gasteiger partial charge in [0.2, 0.25) is 0 Å². The highest BCUT2D eigenvalue weighted by Crippen LogP contribution is 2.36. The minimum Gasteiger partial charge on any atom is -0.356 e. The first-order chi connectivity index (χ1) is 10.8. The Labute approximate surface area is 142 Å². The summed E-state index contributed by atoms with van der Waals surface area (Å²) in [7, 11) is 0. The van der Waals surface area contributed by atoms with E-state index in [1.54, 1.807) is 0 Å². The molecule has 0 heterocycles. The molecule has 2 nitrogen and oxygen atoms in total. The summed E-state index contributed by atoms with van der Waals surface area (Å²) < 4.78 is 39.1. The number of rotatable bonds is 3. The van der Waals surface area contributed by atoms with Gasteiger partial charge in [0.25, 0.3) is 0 Å². The molecular formula is C16H14ClF3N2S. The van der Waals surface area contributed by atoms with Gasteiger partial charge in [0, 0.05) is 5.02 Å². The van der Waals surface area contributed by atoms with Gasteiger partial charge in [-0.1, -0.05) is 41.9 Å². The van der Waals surface area contributed by atoms with Gasteiger partial charge in [0.05, 0.1) is 17.3 Å². The Hall–Kier alpha value is -1.79. The van der Waals surface area contributed by atoms with Crippen LogP contribution in [0.5, 0.6) is 0 Å². The first-order valence-corrected chi connectivity index (χ1v) is 7.55. The highest BCUT2D eigenvalue weighted by atomic mass is 35.5. The van der Waals surface area contributed by atoms with Crippen molar-refractivity contribution in [1.82, 2.24) is 5.32 Å². The van der Waals surface area contributed by atoms with Crippen LogP contribution in [0.2, 0.25) is 5.02 Å². The topological polar surface area (TPSA) is 24.1 Å². The molecule has 0 aliphatic carbocycles. The molecule has 0 amide bonds. The molecule has 2 rings (SSSR count). The molecule has 0 aliphatic rings. The second-order valence-corrected chi connectivity index (χ2v) is 5.76. The summed E-state index contributed by atoms with van der Waals surface area (Å²) in [4.78, 5) is 0. The van der Waals surface area contributed by atoms with Gasteiger partial charge in [-0.3, -0.25) is 0 Å². The van der Waals surface area contributed by atoms with Gasteiger partial charge in [0.15, 0.2) is 5.11 Å². The third kappa shape index (κ3) is 4.84. The van der Waals surface area contributed by atoms with Crippen molar-refractivity contribution in [2.45, 2.75) is 19.1 Å². The monoisotopic (exact) mass is 358 g/mol. The quantitative estimate of drug-likeness (QED) is 0.718. The summed E-state index contributed by atoms with van der Waals surface area (Å²) in [5.41, 5.74) is -0.0232. The molecule has 0 aliphatic heterocycles. The van der Waals surface area contributed by atoms with Crippen molar-refractivity contribution in [3.05, 3.63) is 64.7 Å². The number of halogens is 4. The van der Waals surface area contributed by atoms with E-state index in [4.69, 9.17) is 23.8 Å². The fraction of sp³-hybridized carbons (Fsp3) is 0.188. The van der Waals surface area contributed by atoms with E-state index in [9.17, 15) is 13.2 Å². The van der Waals surface area contributed by atoms with E-state index in [2.05, 4.69) is 10.6 Å². The molecule has 2 aromatic carbocycles. The van der Waals surface area contributed by atoms with Gasteiger partial charge in [0.1, 0.15) is 0 Å². The summed E-state index contributed by atoms with van der Waals surface area (Å²) in [6.07, 6.45) is -4.52. The van der Waals surface area contributed by atoms with Gasteiger partial charge in [-0.25, -0.2) is 0 Å². The van der Waals surface area contributed by atoms with Crippen molar-refractivity contribution in [3.63, 3.8) is 0 Å². The predicted octanol–water partition coefficient (Wildman–Crippen LogP) is 5.41. The van der Waals surface area contributed by atoms with Crippen LogP contribution in [-0.2, 0) is 6.18 Å². The minimum absolute atomic E-state index is 0.0133. The molecule has 0 fully saturated rings. The lowest BCUT2D eigenvalue weighted by Crippen LogP contribution is -2.31. The van der Waals surface area contributed by atoms with Crippen LogP contribution in [0.25, 0.3) is 0 Å². The fourth-order valence-electron chi connectivity index (χ4n) is 2.04. The zero-order valence-electron chi connectivity index (χ0n) is 12.1. The Morgan fingerprint density at radius 2 is 1.78 bits per heavy atom. The van der Waals surface area contributed by atoms with Crippen LogP contribution in [-0.4, -0.2) is 5.11 Å². The Morgan fingerprint density at radius 1 is 1.13 bits per heavy atom. The molecule has 122 valence electrons. The van der Waals surface area contributed by atoms with Crippen LogP contribution in [0.4, 0.5) is 18.9 Å². The van der Waals surface area contributed by atoms with Crippen molar-refractivity contribution in [2.75, 3.05) is 5.32 Å². The highest BCUT2D eigenvalue weighted by Gasteiger charge is 2.34. The first kappa shape index (κ1) is 17.6. The van der Waals surface area contributed by atoms with E-state index >= 15 is 0 Å². The Bertz CT molecular complexity index is 689. The number of hydrogen-bond acceptors (Lipinski definition) is 1. The molecule has 0 aromatic heterocycles. The third-order valence-electron chi connectivity index (χ3n) is 3.18. The van der Waals surface area contributed by atoms with Crippen LogP contribution in [0, 0.1) is 0 Å². The lowest BCUT2D eigenvalue weighted by Gasteiger charge is -2.19. The lowest BCUT2D eigenvalue weighted by atomic mass is 10.1. The van der Waals surface area contributed by atoms with Crippen molar-refractivity contribution in [2.24, 2.45) is 0 Å². The molecule has 1 atom stereocenters. The number of hydrogen-bond donors (Lipinski definition) is 2. The maximum absolute atomic E-state index is 13.0. The number of nitrogens with one attached hydrogen (secondary N) is 2. The van der Waals surface area contributed by atoms with Gasteiger partial charge in [-0.2, -0.15) is 13.2 Å². The number of anilines is 1. The summed E-state index contributed by atoms with van der Waals surface area (Å²) in [6.45, 7) is 1.87. The van der Waals surface area contributed by atoms with Crippen LogP contribution >= 0.6 is 23.8 Å². The van der Waals surface area contributed by atoms with Crippen molar-refractivity contribution < 1.29 is 13.2 Å². The molecule has 2 N–H and O–H groups in total. The molecule has 0 spiro atoms. The lowest BCUT2D eigenvalue weighted by molar-refractivity contribution is -0.136. The second-order valence-electron chi connectivity index (χ2n) is 4.92. The van der Waals surface area contributed by atoms with Gasteiger partial charge < -0.3 is 10.6 Å². The molecule has 0 saturated carbocycles. The zero-order chi connectivity index (χ0) is 17.0. The summed E-state index contributed by atoms with van der Waals surface area (Å²) in [6, 6.07) is 12.8. The van der Waals surface area contributed by atoms with Crippen molar-refractivity contribution in [3.8, 4) is 0 Å². The average molecular weight is 359 g/mol. The third-order valence-corrected chi connectivity index (χ3v) is 3.64. The normalized spacial score (nSPS) is 12.6. The first-order valence-electron chi connectivity index (χ1n) is 6.76. The van der Waals surface area contributed by atoms with Gasteiger partial charge >= 0.3 is 6.18 Å². The molecule has 23 heavy (non-hydrogen) atoms. The highest BCUT2D eigenvalue weighted by molar-refractivity contribution is 7.80. The van der Waals surface area contributed by atoms with Gasteiger partial charge in [-0.05, 0) is 42.9 Å². The van der Waals surface area contributed by atoms with E-state index in [0.29, 0.717) is 0 Å². The molecule has 2 aromatic rings. The zero-order valence-corrected chi connectivity index (χ0v) is 13.7. The second kappa shape index (κ2) is 7.19. The Morgan fingerprint density at radius 3 is 2.39 bits per heavy atom. The van der Waals surface area contributed by atoms with Crippen molar-refractivity contribution in [1.29, 1.82) is 0 Å². The summed E-state index contributed by atoms with van der Waals surface area (Å²) in [5, 5.41) is 5.66. The van der Waals surface area contributed by atoms with E-state index in [1.807, 2.05) is 37.3 Å². The van der Waals surface area contributed by atoms with Gasteiger partial charge in [-0.15, -0.1) is 0 Å².